The molecule has 120 valence electrons. The molecule has 0 saturated heterocycles. The van der Waals surface area contributed by atoms with Gasteiger partial charge in [0.15, 0.2) is 5.78 Å². The van der Waals surface area contributed by atoms with E-state index in [1.807, 2.05) is 6.07 Å². The Labute approximate surface area is 141 Å². The summed E-state index contributed by atoms with van der Waals surface area (Å²) in [7, 11) is 1.35. The van der Waals surface area contributed by atoms with Gasteiger partial charge in [-0.25, -0.2) is 0 Å². The van der Waals surface area contributed by atoms with Crippen molar-refractivity contribution in [1.29, 1.82) is 0 Å². The summed E-state index contributed by atoms with van der Waals surface area (Å²) in [6, 6.07) is 13.0. The molecule has 0 bridgehead atoms. The number of ether oxygens (including phenoxy) is 1. The van der Waals surface area contributed by atoms with Crippen molar-refractivity contribution in [2.45, 2.75) is 6.92 Å². The first-order chi connectivity index (χ1) is 10.9. The zero-order valence-corrected chi connectivity index (χ0v) is 14.1. The minimum absolute atomic E-state index is 0.0559. The molecule has 23 heavy (non-hydrogen) atoms. The summed E-state index contributed by atoms with van der Waals surface area (Å²) >= 11 is 3.09. The minimum atomic E-state index is -0.499. The molecule has 0 radical (unpaired) electrons. The monoisotopic (exact) mass is 379 g/mol. The number of nitro groups is 1. The van der Waals surface area contributed by atoms with Crippen molar-refractivity contribution in [3.63, 3.8) is 0 Å². The number of halogens is 1. The van der Waals surface area contributed by atoms with Crippen molar-refractivity contribution in [2.75, 3.05) is 7.11 Å². The van der Waals surface area contributed by atoms with Crippen LogP contribution < -0.4 is 0 Å². The van der Waals surface area contributed by atoms with Gasteiger partial charge in [-0.2, -0.15) is 0 Å². The minimum Gasteiger partial charge on any atom is -0.469 e. The summed E-state index contributed by atoms with van der Waals surface area (Å²) in [4.78, 5) is 31.8. The maximum atomic E-state index is 12.1. The van der Waals surface area contributed by atoms with Gasteiger partial charge in [-0.3, -0.25) is 19.7 Å². The van der Waals surface area contributed by atoms with Gasteiger partial charge in [-0.1, -0.05) is 30.3 Å². The predicted molar refractivity (Wildman–Crippen MR) is 88.4 cm³/mol. The van der Waals surface area contributed by atoms with Gasteiger partial charge in [0.1, 0.15) is 0 Å². The van der Waals surface area contributed by atoms with Crippen molar-refractivity contribution < 1.29 is 19.2 Å². The first-order valence-corrected chi connectivity index (χ1v) is 7.24. The highest BCUT2D eigenvalue weighted by molar-refractivity contribution is 9.10. The predicted octanol–water partition coefficient (Wildman–Crippen LogP) is 3.77. The number of carbonyl (C=O) groups is 2. The zero-order chi connectivity index (χ0) is 17.4. The molecule has 0 N–H and O–H groups in total. The third kappa shape index (κ3) is 5.63. The van der Waals surface area contributed by atoms with Gasteiger partial charge in [0.05, 0.1) is 16.5 Å². The molecule has 0 aliphatic heterocycles. The molecule has 0 unspecified atom stereocenters. The van der Waals surface area contributed by atoms with Gasteiger partial charge in [-0.05, 0) is 28.1 Å². The Morgan fingerprint density at radius 1 is 1.09 bits per heavy atom. The van der Waals surface area contributed by atoms with Gasteiger partial charge < -0.3 is 4.74 Å². The van der Waals surface area contributed by atoms with E-state index in [4.69, 9.17) is 0 Å². The highest BCUT2D eigenvalue weighted by Gasteiger charge is 2.15. The van der Waals surface area contributed by atoms with Crippen molar-refractivity contribution in [1.82, 2.24) is 0 Å². The van der Waals surface area contributed by atoms with Gasteiger partial charge in [-0.15, -0.1) is 0 Å². The summed E-state index contributed by atoms with van der Waals surface area (Å²) in [5.41, 5.74) is 0.913. The van der Waals surface area contributed by atoms with Crippen molar-refractivity contribution in [3.8, 4) is 0 Å². The number of methoxy groups -OCH3 is 1. The van der Waals surface area contributed by atoms with Gasteiger partial charge in [0, 0.05) is 24.1 Å². The van der Waals surface area contributed by atoms with E-state index in [2.05, 4.69) is 20.7 Å². The molecule has 0 fully saturated rings. The van der Waals surface area contributed by atoms with E-state index in [1.54, 1.807) is 24.3 Å². The lowest BCUT2D eigenvalue weighted by Gasteiger charge is -2.02. The van der Waals surface area contributed by atoms with Crippen LogP contribution >= 0.6 is 15.9 Å². The Morgan fingerprint density at radius 2 is 1.65 bits per heavy atom. The lowest BCUT2D eigenvalue weighted by molar-refractivity contribution is -0.385. The van der Waals surface area contributed by atoms with E-state index >= 15 is 0 Å². The number of nitro benzene ring substituents is 1. The molecule has 0 amide bonds. The average molecular weight is 380 g/mol. The molecule has 0 saturated carbocycles. The van der Waals surface area contributed by atoms with Crippen LogP contribution in [0, 0.1) is 10.1 Å². The van der Waals surface area contributed by atoms with Crippen LogP contribution in [0.25, 0.3) is 0 Å². The molecule has 0 heterocycles. The van der Waals surface area contributed by atoms with E-state index in [1.165, 1.54) is 32.2 Å². The van der Waals surface area contributed by atoms with E-state index in [0.717, 1.165) is 0 Å². The number of benzene rings is 2. The molecule has 0 atom stereocenters. The molecular weight excluding hydrogens is 366 g/mol. The van der Waals surface area contributed by atoms with Gasteiger partial charge >= 0.3 is 5.97 Å². The smallest absolute Gasteiger partial charge is 0.302 e. The Hall–Kier alpha value is -2.54. The summed E-state index contributed by atoms with van der Waals surface area (Å²) < 4.78 is 4.41. The second kappa shape index (κ2) is 8.79. The van der Waals surface area contributed by atoms with Gasteiger partial charge in [0.25, 0.3) is 5.69 Å². The number of hydrogen-bond acceptors (Lipinski definition) is 5. The molecule has 2 rings (SSSR count). The largest absolute Gasteiger partial charge is 0.469 e. The number of hydrogen-bond donors (Lipinski definition) is 0. The second-order valence-electron chi connectivity index (χ2n) is 4.31. The molecule has 2 aromatic rings. The summed E-state index contributed by atoms with van der Waals surface area (Å²) in [5.74, 6) is -0.406. The van der Waals surface area contributed by atoms with Gasteiger partial charge in [0.2, 0.25) is 0 Å². The molecule has 0 aromatic heterocycles. The van der Waals surface area contributed by atoms with Crippen LogP contribution in [0.5, 0.6) is 0 Å². The highest BCUT2D eigenvalue weighted by Crippen LogP contribution is 2.26. The van der Waals surface area contributed by atoms with Crippen LogP contribution in [0.2, 0.25) is 0 Å². The van der Waals surface area contributed by atoms with E-state index in [9.17, 15) is 19.7 Å². The fourth-order valence-electron chi connectivity index (χ4n) is 1.55. The van der Waals surface area contributed by atoms with E-state index in [-0.39, 0.29) is 17.4 Å². The van der Waals surface area contributed by atoms with E-state index in [0.29, 0.717) is 15.6 Å². The van der Waals surface area contributed by atoms with Crippen molar-refractivity contribution >= 4 is 33.4 Å². The molecule has 0 aliphatic rings. The van der Waals surface area contributed by atoms with Crippen LogP contribution in [0.4, 0.5) is 5.69 Å². The third-order valence-corrected chi connectivity index (χ3v) is 3.37. The number of esters is 1. The summed E-state index contributed by atoms with van der Waals surface area (Å²) in [5, 5.41) is 10.7. The Balaban J connectivity index is 0.000000463. The second-order valence-corrected chi connectivity index (χ2v) is 5.17. The van der Waals surface area contributed by atoms with Crippen LogP contribution in [0.3, 0.4) is 0 Å². The van der Waals surface area contributed by atoms with Crippen molar-refractivity contribution in [2.24, 2.45) is 0 Å². The molecule has 6 nitrogen and oxygen atoms in total. The number of carbonyl (C=O) groups excluding carboxylic acids is 2. The zero-order valence-electron chi connectivity index (χ0n) is 12.5. The maximum Gasteiger partial charge on any atom is 0.302 e. The van der Waals surface area contributed by atoms with Crippen molar-refractivity contribution in [3.05, 3.63) is 74.2 Å². The number of nitrogens with zero attached hydrogens (tertiary/aromatic N) is 1. The first kappa shape index (κ1) is 18.5. The maximum absolute atomic E-state index is 12.1. The molecule has 0 spiro atoms. The molecule has 2 aromatic carbocycles. The Bertz CT molecular complexity index is 716. The van der Waals surface area contributed by atoms with Crippen LogP contribution in [0.1, 0.15) is 22.8 Å². The molecule has 0 aliphatic carbocycles. The normalized spacial score (nSPS) is 9.35. The van der Waals surface area contributed by atoms with Crippen LogP contribution in [0.15, 0.2) is 53.0 Å². The van der Waals surface area contributed by atoms with Crippen LogP contribution in [-0.2, 0) is 9.53 Å². The topological polar surface area (TPSA) is 86.5 Å². The average Bonchev–Trinajstić information content (AvgIpc) is 2.55. The quantitative estimate of drug-likeness (QED) is 0.350. The highest BCUT2D eigenvalue weighted by atomic mass is 79.9. The Kier molecular flexibility index (Phi) is 7.08. The first-order valence-electron chi connectivity index (χ1n) is 6.45. The lowest BCUT2D eigenvalue weighted by Crippen LogP contribution is -2.01. The van der Waals surface area contributed by atoms with Crippen LogP contribution in [-0.4, -0.2) is 23.8 Å². The Morgan fingerprint density at radius 3 is 2.09 bits per heavy atom. The SMILES string of the molecule is COC(C)=O.O=C(c1ccccc1)c1ccc([N+](=O)[O-])c(Br)c1. The fraction of sp³-hybridized carbons (Fsp3) is 0.125. The van der Waals surface area contributed by atoms with E-state index < -0.39 is 4.92 Å². The summed E-state index contributed by atoms with van der Waals surface area (Å²) in [6.07, 6.45) is 0. The fourth-order valence-corrected chi connectivity index (χ4v) is 2.08. The summed E-state index contributed by atoms with van der Waals surface area (Å²) in [6.45, 7) is 1.36. The third-order valence-electron chi connectivity index (χ3n) is 2.73. The standard InChI is InChI=1S/C13H8BrNO3.C3H6O2/c14-11-8-10(6-7-12(11)15(17)18)13(16)9-4-2-1-3-5-9;1-3(4)5-2/h1-8H;1-2H3. The molecule has 7 heteroatoms. The number of ketones is 1. The number of rotatable bonds is 3. The lowest BCUT2D eigenvalue weighted by atomic mass is 10.0. The molecular formula is C16H14BrNO5.